The second kappa shape index (κ2) is 7.04. The van der Waals surface area contributed by atoms with Crippen molar-refractivity contribution in [2.75, 3.05) is 20.7 Å². The van der Waals surface area contributed by atoms with E-state index in [0.717, 1.165) is 12.1 Å². The van der Waals surface area contributed by atoms with Gasteiger partial charge in [-0.15, -0.1) is 0 Å². The molecule has 0 aromatic heterocycles. The molecule has 3 nitrogen and oxygen atoms in total. The highest BCUT2D eigenvalue weighted by Crippen LogP contribution is 2.22. The second-order valence-electron chi connectivity index (χ2n) is 6.38. The van der Waals surface area contributed by atoms with Gasteiger partial charge in [0, 0.05) is 13.1 Å². The van der Waals surface area contributed by atoms with E-state index >= 15 is 0 Å². The first-order valence-corrected chi connectivity index (χ1v) is 6.93. The highest BCUT2D eigenvalue weighted by molar-refractivity contribution is 5.29. The zero-order chi connectivity index (χ0) is 15.3. The average Bonchev–Trinajstić information content (AvgIpc) is 2.35. The van der Waals surface area contributed by atoms with Gasteiger partial charge in [0.2, 0.25) is 0 Å². The van der Waals surface area contributed by atoms with Gasteiger partial charge in [-0.3, -0.25) is 0 Å². The summed E-state index contributed by atoms with van der Waals surface area (Å²) in [7, 11) is 3.43. The van der Waals surface area contributed by atoms with E-state index in [2.05, 4.69) is 4.90 Å². The number of hydrogen-bond acceptors (Lipinski definition) is 3. The third kappa shape index (κ3) is 5.10. The lowest BCUT2D eigenvalue weighted by atomic mass is 9.87. The molecule has 1 aromatic carbocycles. The average molecular weight is 283 g/mol. The highest BCUT2D eigenvalue weighted by Gasteiger charge is 2.21. The van der Waals surface area contributed by atoms with Crippen molar-refractivity contribution in [2.24, 2.45) is 5.41 Å². The minimum Gasteiger partial charge on any atom is -0.494 e. The lowest BCUT2D eigenvalue weighted by Crippen LogP contribution is -2.30. The van der Waals surface area contributed by atoms with E-state index in [4.69, 9.17) is 4.74 Å². The van der Waals surface area contributed by atoms with Crippen LogP contribution in [0.1, 0.15) is 32.8 Å². The molecule has 0 spiro atoms. The Hall–Kier alpha value is -1.13. The Morgan fingerprint density at radius 3 is 2.50 bits per heavy atom. The van der Waals surface area contributed by atoms with Crippen LogP contribution in [0.5, 0.6) is 5.75 Å². The lowest BCUT2D eigenvalue weighted by molar-refractivity contribution is 0.0473. The monoisotopic (exact) mass is 283 g/mol. The van der Waals surface area contributed by atoms with Crippen molar-refractivity contribution >= 4 is 0 Å². The molecule has 20 heavy (non-hydrogen) atoms. The smallest absolute Gasteiger partial charge is 0.165 e. The molecule has 4 heteroatoms. The van der Waals surface area contributed by atoms with Crippen LogP contribution in [0.4, 0.5) is 4.39 Å². The highest BCUT2D eigenvalue weighted by atomic mass is 19.1. The molecule has 114 valence electrons. The summed E-state index contributed by atoms with van der Waals surface area (Å²) in [5, 5.41) is 10.0. The van der Waals surface area contributed by atoms with Crippen molar-refractivity contribution in [1.82, 2.24) is 4.90 Å². The van der Waals surface area contributed by atoms with Crippen LogP contribution in [0.3, 0.4) is 0 Å². The Bertz CT molecular complexity index is 429. The van der Waals surface area contributed by atoms with Crippen LogP contribution in [0.25, 0.3) is 0 Å². The third-order valence-electron chi connectivity index (χ3n) is 3.45. The Morgan fingerprint density at radius 1 is 1.35 bits per heavy atom. The van der Waals surface area contributed by atoms with Gasteiger partial charge in [-0.05, 0) is 36.6 Å². The molecule has 0 heterocycles. The van der Waals surface area contributed by atoms with E-state index in [1.165, 1.54) is 13.2 Å². The summed E-state index contributed by atoms with van der Waals surface area (Å²) >= 11 is 0. The van der Waals surface area contributed by atoms with Crippen LogP contribution < -0.4 is 4.74 Å². The maximum atomic E-state index is 13.6. The number of nitrogens with zero attached hydrogens (tertiary/aromatic N) is 1. The molecule has 0 saturated heterocycles. The number of aliphatic hydroxyl groups excluding tert-OH is 1. The summed E-state index contributed by atoms with van der Waals surface area (Å²) in [6.07, 6.45) is 0.371. The standard InChI is InChI=1S/C16H26FNO2/c1-16(2,3)15(19)8-9-18(4)11-12-6-7-14(20-5)13(17)10-12/h6-7,10,15,19H,8-9,11H2,1-5H3. The minimum absolute atomic E-state index is 0.104. The predicted octanol–water partition coefficient (Wildman–Crippen LogP) is 3.06. The summed E-state index contributed by atoms with van der Waals surface area (Å²) in [6.45, 7) is 7.49. The first-order chi connectivity index (χ1) is 9.24. The molecule has 0 amide bonds. The Kier molecular flexibility index (Phi) is 5.96. The van der Waals surface area contributed by atoms with Crippen LogP contribution in [0.15, 0.2) is 18.2 Å². The lowest BCUT2D eigenvalue weighted by Gasteiger charge is -2.27. The number of hydrogen-bond donors (Lipinski definition) is 1. The normalized spacial score (nSPS) is 13.6. The van der Waals surface area contributed by atoms with Gasteiger partial charge < -0.3 is 14.7 Å². The van der Waals surface area contributed by atoms with Crippen LogP contribution in [0, 0.1) is 11.2 Å². The van der Waals surface area contributed by atoms with E-state index in [9.17, 15) is 9.50 Å². The molecule has 1 atom stereocenters. The van der Waals surface area contributed by atoms with Gasteiger partial charge in [0.25, 0.3) is 0 Å². The zero-order valence-corrected chi connectivity index (χ0v) is 13.1. The van der Waals surface area contributed by atoms with Gasteiger partial charge in [-0.25, -0.2) is 4.39 Å². The van der Waals surface area contributed by atoms with E-state index in [-0.39, 0.29) is 23.1 Å². The molecule has 0 aliphatic rings. The molecule has 0 radical (unpaired) electrons. The fourth-order valence-corrected chi connectivity index (χ4v) is 1.97. The SMILES string of the molecule is COc1ccc(CN(C)CCC(O)C(C)(C)C)cc1F. The summed E-state index contributed by atoms with van der Waals surface area (Å²) in [4.78, 5) is 2.08. The Morgan fingerprint density at radius 2 is 2.00 bits per heavy atom. The second-order valence-corrected chi connectivity index (χ2v) is 6.38. The zero-order valence-electron chi connectivity index (χ0n) is 13.1. The van der Waals surface area contributed by atoms with Gasteiger partial charge in [-0.1, -0.05) is 26.8 Å². The maximum Gasteiger partial charge on any atom is 0.165 e. The van der Waals surface area contributed by atoms with Gasteiger partial charge in [0.1, 0.15) is 0 Å². The van der Waals surface area contributed by atoms with Gasteiger partial charge in [0.15, 0.2) is 11.6 Å². The van der Waals surface area contributed by atoms with E-state index < -0.39 is 0 Å². The van der Waals surface area contributed by atoms with Gasteiger partial charge >= 0.3 is 0 Å². The summed E-state index contributed by atoms with van der Waals surface area (Å²) in [5.41, 5.74) is 0.795. The molecule has 1 rings (SSSR count). The molecule has 0 aliphatic heterocycles. The molecule has 0 saturated carbocycles. The van der Waals surface area contributed by atoms with E-state index in [1.807, 2.05) is 33.9 Å². The fraction of sp³-hybridized carbons (Fsp3) is 0.625. The fourth-order valence-electron chi connectivity index (χ4n) is 1.97. The van der Waals surface area contributed by atoms with E-state index in [0.29, 0.717) is 13.0 Å². The number of methoxy groups -OCH3 is 1. The van der Waals surface area contributed by atoms with Gasteiger partial charge in [-0.2, -0.15) is 0 Å². The topological polar surface area (TPSA) is 32.7 Å². The van der Waals surface area contributed by atoms with Crippen molar-refractivity contribution in [3.8, 4) is 5.75 Å². The largest absolute Gasteiger partial charge is 0.494 e. The van der Waals surface area contributed by atoms with Crippen LogP contribution in [-0.4, -0.2) is 36.8 Å². The molecule has 1 aromatic rings. The number of ether oxygens (including phenoxy) is 1. The predicted molar refractivity (Wildman–Crippen MR) is 79.4 cm³/mol. The maximum absolute atomic E-state index is 13.6. The van der Waals surface area contributed by atoms with Gasteiger partial charge in [0.05, 0.1) is 13.2 Å². The molecule has 0 aliphatic carbocycles. The quantitative estimate of drug-likeness (QED) is 0.871. The first kappa shape index (κ1) is 16.9. The summed E-state index contributed by atoms with van der Waals surface area (Å²) in [5.74, 6) is -0.0762. The molecule has 0 bridgehead atoms. The molecular weight excluding hydrogens is 257 g/mol. The number of aliphatic hydroxyl groups is 1. The summed E-state index contributed by atoms with van der Waals surface area (Å²) in [6, 6.07) is 5.00. The van der Waals surface area contributed by atoms with Crippen LogP contribution in [0.2, 0.25) is 0 Å². The van der Waals surface area contributed by atoms with Crippen LogP contribution >= 0.6 is 0 Å². The van der Waals surface area contributed by atoms with Crippen molar-refractivity contribution in [1.29, 1.82) is 0 Å². The van der Waals surface area contributed by atoms with Crippen molar-refractivity contribution in [2.45, 2.75) is 39.8 Å². The Balaban J connectivity index is 2.50. The first-order valence-electron chi connectivity index (χ1n) is 6.93. The van der Waals surface area contributed by atoms with Crippen molar-refractivity contribution in [3.05, 3.63) is 29.6 Å². The molecule has 1 unspecified atom stereocenters. The van der Waals surface area contributed by atoms with E-state index in [1.54, 1.807) is 6.07 Å². The van der Waals surface area contributed by atoms with Crippen LogP contribution in [-0.2, 0) is 6.54 Å². The molecular formula is C16H26FNO2. The van der Waals surface area contributed by atoms with Crippen molar-refractivity contribution in [3.63, 3.8) is 0 Å². The number of halogens is 1. The number of rotatable bonds is 6. The molecule has 1 N–H and O–H groups in total. The minimum atomic E-state index is -0.340. The number of benzene rings is 1. The summed E-state index contributed by atoms with van der Waals surface area (Å²) < 4.78 is 18.5. The molecule has 0 fully saturated rings. The Labute approximate surface area is 121 Å². The van der Waals surface area contributed by atoms with Crippen molar-refractivity contribution < 1.29 is 14.2 Å². The third-order valence-corrected chi connectivity index (χ3v) is 3.45.